The Morgan fingerprint density at radius 1 is 1.71 bits per heavy atom. The molecule has 1 fully saturated rings. The van der Waals surface area contributed by atoms with E-state index >= 15 is 0 Å². The van der Waals surface area contributed by atoms with Crippen LogP contribution in [-0.4, -0.2) is 36.9 Å². The number of thioether (sulfide) groups is 1. The minimum atomic E-state index is -0.532. The molecule has 1 heterocycles. The standard InChI is InChI=1S/C9H17NO3S/c1-12-9(11)7(10)6-14-8-4-2-3-5-13-8/h7-8H,2-6,10H2,1H3/t7-,8-/m1/s1. The van der Waals surface area contributed by atoms with Crippen LogP contribution < -0.4 is 5.73 Å². The molecule has 1 aliphatic rings. The molecule has 0 unspecified atom stereocenters. The molecule has 82 valence electrons. The fourth-order valence-electron chi connectivity index (χ4n) is 1.27. The van der Waals surface area contributed by atoms with E-state index < -0.39 is 6.04 Å². The molecule has 14 heavy (non-hydrogen) atoms. The van der Waals surface area contributed by atoms with E-state index in [1.165, 1.54) is 13.5 Å². The lowest BCUT2D eigenvalue weighted by atomic mass is 10.2. The molecule has 4 nitrogen and oxygen atoms in total. The molecular weight excluding hydrogens is 202 g/mol. The molecule has 0 bridgehead atoms. The normalized spacial score (nSPS) is 24.3. The first-order chi connectivity index (χ1) is 6.74. The van der Waals surface area contributed by atoms with Crippen LogP contribution in [0.25, 0.3) is 0 Å². The van der Waals surface area contributed by atoms with E-state index in [0.29, 0.717) is 5.75 Å². The Hall–Kier alpha value is -0.260. The van der Waals surface area contributed by atoms with Gasteiger partial charge >= 0.3 is 5.97 Å². The van der Waals surface area contributed by atoms with Crippen molar-refractivity contribution in [2.75, 3.05) is 19.5 Å². The number of ether oxygens (including phenoxy) is 2. The highest BCUT2D eigenvalue weighted by Crippen LogP contribution is 2.23. The first-order valence-electron chi connectivity index (χ1n) is 4.80. The van der Waals surface area contributed by atoms with Gasteiger partial charge in [0.05, 0.1) is 7.11 Å². The molecule has 0 aliphatic carbocycles. The van der Waals surface area contributed by atoms with Crippen LogP contribution in [0, 0.1) is 0 Å². The second kappa shape index (κ2) is 6.27. The van der Waals surface area contributed by atoms with Gasteiger partial charge in [-0.2, -0.15) is 0 Å². The molecule has 1 rings (SSSR count). The van der Waals surface area contributed by atoms with Crippen LogP contribution >= 0.6 is 11.8 Å². The Morgan fingerprint density at radius 3 is 3.07 bits per heavy atom. The summed E-state index contributed by atoms with van der Waals surface area (Å²) in [7, 11) is 1.35. The summed E-state index contributed by atoms with van der Waals surface area (Å²) in [6, 6.07) is -0.532. The molecule has 1 saturated heterocycles. The lowest BCUT2D eigenvalue weighted by Crippen LogP contribution is -2.35. The molecule has 0 amide bonds. The second-order valence-corrected chi connectivity index (χ2v) is 4.45. The Kier molecular flexibility index (Phi) is 5.29. The number of carbonyl (C=O) groups excluding carboxylic acids is 1. The first-order valence-corrected chi connectivity index (χ1v) is 5.85. The van der Waals surface area contributed by atoms with Crippen molar-refractivity contribution in [2.45, 2.75) is 30.7 Å². The predicted octanol–water partition coefficient (Wildman–Crippen LogP) is 0.746. The van der Waals surface area contributed by atoms with Gasteiger partial charge < -0.3 is 15.2 Å². The molecule has 1 aliphatic heterocycles. The van der Waals surface area contributed by atoms with E-state index in [9.17, 15) is 4.79 Å². The van der Waals surface area contributed by atoms with Crippen LogP contribution in [0.1, 0.15) is 19.3 Å². The minimum absolute atomic E-state index is 0.208. The number of rotatable bonds is 4. The van der Waals surface area contributed by atoms with Crippen molar-refractivity contribution in [3.8, 4) is 0 Å². The Balaban J connectivity index is 2.15. The van der Waals surface area contributed by atoms with Crippen LogP contribution in [0.15, 0.2) is 0 Å². The number of nitrogens with two attached hydrogens (primary N) is 1. The smallest absolute Gasteiger partial charge is 0.323 e. The van der Waals surface area contributed by atoms with Crippen molar-refractivity contribution < 1.29 is 14.3 Å². The molecule has 0 spiro atoms. The number of hydrogen-bond donors (Lipinski definition) is 1. The van der Waals surface area contributed by atoms with Gasteiger partial charge in [0.2, 0.25) is 0 Å². The average Bonchev–Trinajstić information content (AvgIpc) is 2.26. The van der Waals surface area contributed by atoms with Crippen LogP contribution in [0.4, 0.5) is 0 Å². The molecular formula is C9H17NO3S. The van der Waals surface area contributed by atoms with Gasteiger partial charge in [-0.05, 0) is 19.3 Å². The van der Waals surface area contributed by atoms with E-state index in [0.717, 1.165) is 19.4 Å². The van der Waals surface area contributed by atoms with Gasteiger partial charge in [0, 0.05) is 12.4 Å². The third-order valence-electron chi connectivity index (χ3n) is 2.10. The van der Waals surface area contributed by atoms with Crippen molar-refractivity contribution in [2.24, 2.45) is 5.73 Å². The number of methoxy groups -OCH3 is 1. The summed E-state index contributed by atoms with van der Waals surface area (Å²) in [6.45, 7) is 0.825. The lowest BCUT2D eigenvalue weighted by Gasteiger charge is -2.22. The molecule has 0 aromatic rings. The summed E-state index contributed by atoms with van der Waals surface area (Å²) in [5.74, 6) is 0.213. The van der Waals surface area contributed by atoms with Gasteiger partial charge in [-0.3, -0.25) is 4.79 Å². The fourth-order valence-corrected chi connectivity index (χ4v) is 2.36. The average molecular weight is 219 g/mol. The zero-order valence-electron chi connectivity index (χ0n) is 8.40. The van der Waals surface area contributed by atoms with E-state index in [1.807, 2.05) is 0 Å². The summed E-state index contributed by atoms with van der Waals surface area (Å²) in [5.41, 5.74) is 5.80. The van der Waals surface area contributed by atoms with E-state index in [1.54, 1.807) is 11.8 Å². The third-order valence-corrected chi connectivity index (χ3v) is 3.40. The third kappa shape index (κ3) is 3.86. The SMILES string of the molecule is COC(=O)[C@H](N)CS[C@@H]1CCCCO1. The highest BCUT2D eigenvalue weighted by Gasteiger charge is 2.19. The van der Waals surface area contributed by atoms with Gasteiger partial charge in [-0.1, -0.05) is 0 Å². The van der Waals surface area contributed by atoms with Gasteiger partial charge in [-0.25, -0.2) is 0 Å². The van der Waals surface area contributed by atoms with Crippen molar-refractivity contribution >= 4 is 17.7 Å². The van der Waals surface area contributed by atoms with Crippen LogP contribution in [0.5, 0.6) is 0 Å². The van der Waals surface area contributed by atoms with Crippen molar-refractivity contribution in [3.63, 3.8) is 0 Å². The number of hydrogen-bond acceptors (Lipinski definition) is 5. The maximum absolute atomic E-state index is 11.0. The van der Waals surface area contributed by atoms with Crippen LogP contribution in [0.2, 0.25) is 0 Å². The molecule has 5 heteroatoms. The molecule has 0 saturated carbocycles. The molecule has 0 aromatic heterocycles. The Bertz CT molecular complexity index is 183. The summed E-state index contributed by atoms with van der Waals surface area (Å²) in [4.78, 5) is 11.0. The van der Waals surface area contributed by atoms with Crippen molar-refractivity contribution in [3.05, 3.63) is 0 Å². The molecule has 2 atom stereocenters. The zero-order chi connectivity index (χ0) is 10.4. The summed E-state index contributed by atoms with van der Waals surface area (Å²) in [5, 5.41) is 0. The second-order valence-electron chi connectivity index (χ2n) is 3.26. The first kappa shape index (κ1) is 11.8. The quantitative estimate of drug-likeness (QED) is 0.707. The summed E-state index contributed by atoms with van der Waals surface area (Å²) >= 11 is 1.60. The van der Waals surface area contributed by atoms with Crippen molar-refractivity contribution in [1.29, 1.82) is 0 Å². The van der Waals surface area contributed by atoms with Gasteiger partial charge in [0.25, 0.3) is 0 Å². The highest BCUT2D eigenvalue weighted by atomic mass is 32.2. The largest absolute Gasteiger partial charge is 0.468 e. The van der Waals surface area contributed by atoms with Gasteiger partial charge in [0.15, 0.2) is 0 Å². The van der Waals surface area contributed by atoms with Crippen molar-refractivity contribution in [1.82, 2.24) is 0 Å². The monoisotopic (exact) mass is 219 g/mol. The molecule has 0 radical (unpaired) electrons. The maximum Gasteiger partial charge on any atom is 0.323 e. The van der Waals surface area contributed by atoms with Gasteiger partial charge in [-0.15, -0.1) is 11.8 Å². The minimum Gasteiger partial charge on any atom is -0.468 e. The number of esters is 1. The topological polar surface area (TPSA) is 61.5 Å². The lowest BCUT2D eigenvalue weighted by molar-refractivity contribution is -0.141. The van der Waals surface area contributed by atoms with E-state index in [-0.39, 0.29) is 11.4 Å². The predicted molar refractivity (Wildman–Crippen MR) is 56.0 cm³/mol. The Labute approximate surface area is 88.5 Å². The van der Waals surface area contributed by atoms with E-state index in [4.69, 9.17) is 10.5 Å². The van der Waals surface area contributed by atoms with Crippen LogP contribution in [-0.2, 0) is 14.3 Å². The molecule has 0 aromatic carbocycles. The highest BCUT2D eigenvalue weighted by molar-refractivity contribution is 7.99. The Morgan fingerprint density at radius 2 is 2.50 bits per heavy atom. The van der Waals surface area contributed by atoms with Gasteiger partial charge in [0.1, 0.15) is 11.5 Å². The molecule has 2 N–H and O–H groups in total. The summed E-state index contributed by atoms with van der Waals surface area (Å²) < 4.78 is 10.0. The summed E-state index contributed by atoms with van der Waals surface area (Å²) in [6.07, 6.45) is 3.39. The zero-order valence-corrected chi connectivity index (χ0v) is 9.22. The number of carbonyl (C=O) groups is 1. The maximum atomic E-state index is 11.0. The van der Waals surface area contributed by atoms with E-state index in [2.05, 4.69) is 4.74 Å². The van der Waals surface area contributed by atoms with Crippen LogP contribution in [0.3, 0.4) is 0 Å². The fraction of sp³-hybridized carbons (Fsp3) is 0.889.